The predicted molar refractivity (Wildman–Crippen MR) is 137 cm³/mol. The van der Waals surface area contributed by atoms with E-state index in [0.717, 1.165) is 16.5 Å². The first-order valence-corrected chi connectivity index (χ1v) is 13.4. The van der Waals surface area contributed by atoms with Crippen molar-refractivity contribution < 1.29 is 13.2 Å². The summed E-state index contributed by atoms with van der Waals surface area (Å²) in [5.41, 5.74) is 1.40. The third-order valence-electron chi connectivity index (χ3n) is 4.73. The summed E-state index contributed by atoms with van der Waals surface area (Å²) >= 11 is 14.0. The van der Waals surface area contributed by atoms with E-state index >= 15 is 0 Å². The van der Waals surface area contributed by atoms with Gasteiger partial charge in [0.2, 0.25) is 5.91 Å². The second-order valence-electron chi connectivity index (χ2n) is 7.29. The zero-order valence-electron chi connectivity index (χ0n) is 18.0. The number of nitrogens with zero attached hydrogens (tertiary/aromatic N) is 1. The highest BCUT2D eigenvalue weighted by Gasteiger charge is 2.28. The van der Waals surface area contributed by atoms with Crippen LogP contribution in [0, 0.1) is 6.92 Å². The van der Waals surface area contributed by atoms with Gasteiger partial charge in [0.15, 0.2) is 0 Å². The summed E-state index contributed by atoms with van der Waals surface area (Å²) in [7, 11) is -4.02. The molecule has 33 heavy (non-hydrogen) atoms. The topological polar surface area (TPSA) is 66.5 Å². The molecule has 0 saturated heterocycles. The molecule has 9 heteroatoms. The summed E-state index contributed by atoms with van der Waals surface area (Å²) in [5.74, 6) is 0.416. The number of hydrogen-bond donors (Lipinski definition) is 1. The Balaban J connectivity index is 1.65. The van der Waals surface area contributed by atoms with Gasteiger partial charge in [0.1, 0.15) is 6.54 Å². The van der Waals surface area contributed by atoms with E-state index in [1.165, 1.54) is 40.8 Å². The van der Waals surface area contributed by atoms with Crippen molar-refractivity contribution in [3.63, 3.8) is 0 Å². The molecule has 0 unspecified atom stereocenters. The number of halogens is 2. The van der Waals surface area contributed by atoms with Crippen LogP contribution in [0.25, 0.3) is 0 Å². The molecule has 0 atom stereocenters. The van der Waals surface area contributed by atoms with Crippen LogP contribution in [-0.2, 0) is 14.8 Å². The second-order valence-corrected chi connectivity index (χ2v) is 11.2. The van der Waals surface area contributed by atoms with Crippen molar-refractivity contribution in [3.05, 3.63) is 88.4 Å². The van der Waals surface area contributed by atoms with E-state index < -0.39 is 22.5 Å². The first kappa shape index (κ1) is 25.4. The molecular weight excluding hydrogens is 499 g/mol. The number of hydrogen-bond acceptors (Lipinski definition) is 4. The average molecular weight is 524 g/mol. The Kier molecular flexibility index (Phi) is 9.09. The lowest BCUT2D eigenvalue weighted by molar-refractivity contribution is -0.119. The Morgan fingerprint density at radius 3 is 2.36 bits per heavy atom. The van der Waals surface area contributed by atoms with Crippen molar-refractivity contribution in [2.24, 2.45) is 0 Å². The second kappa shape index (κ2) is 11.8. The SMILES string of the molecule is Cc1ccc(SCCCNC(=O)CN(c2ccc(Cl)cc2Cl)S(=O)(=O)c2ccccc2)cc1. The number of benzene rings is 3. The van der Waals surface area contributed by atoms with Crippen LogP contribution in [0.4, 0.5) is 5.69 Å². The maximum absolute atomic E-state index is 13.3. The summed E-state index contributed by atoms with van der Waals surface area (Å²) in [6.07, 6.45) is 0.747. The Labute approximate surface area is 209 Å². The summed E-state index contributed by atoms with van der Waals surface area (Å²) in [4.78, 5) is 13.9. The van der Waals surface area contributed by atoms with E-state index in [9.17, 15) is 13.2 Å². The van der Waals surface area contributed by atoms with E-state index in [0.29, 0.717) is 11.6 Å². The van der Waals surface area contributed by atoms with Crippen molar-refractivity contribution in [1.29, 1.82) is 0 Å². The molecule has 3 aromatic rings. The van der Waals surface area contributed by atoms with Gasteiger partial charge in [-0.1, -0.05) is 59.1 Å². The van der Waals surface area contributed by atoms with E-state index in [2.05, 4.69) is 29.6 Å². The molecule has 0 aromatic heterocycles. The van der Waals surface area contributed by atoms with Crippen LogP contribution in [-0.4, -0.2) is 33.2 Å². The lowest BCUT2D eigenvalue weighted by Crippen LogP contribution is -2.41. The van der Waals surface area contributed by atoms with Gasteiger partial charge in [0, 0.05) is 16.5 Å². The maximum Gasteiger partial charge on any atom is 0.264 e. The summed E-state index contributed by atoms with van der Waals surface area (Å²) in [5, 5.41) is 3.32. The largest absolute Gasteiger partial charge is 0.354 e. The highest BCUT2D eigenvalue weighted by molar-refractivity contribution is 7.99. The molecule has 0 aliphatic heterocycles. The monoisotopic (exact) mass is 522 g/mol. The van der Waals surface area contributed by atoms with E-state index in [1.807, 2.05) is 6.92 Å². The summed E-state index contributed by atoms with van der Waals surface area (Å²) in [6, 6.07) is 20.7. The normalized spacial score (nSPS) is 11.2. The number of nitrogens with one attached hydrogen (secondary N) is 1. The molecule has 0 aliphatic carbocycles. The fourth-order valence-corrected chi connectivity index (χ4v) is 5.89. The number of carbonyl (C=O) groups excluding carboxylic acids is 1. The minimum atomic E-state index is -4.02. The minimum absolute atomic E-state index is 0.0679. The van der Waals surface area contributed by atoms with Crippen LogP contribution in [0.1, 0.15) is 12.0 Å². The molecule has 0 spiro atoms. The lowest BCUT2D eigenvalue weighted by atomic mass is 10.2. The Morgan fingerprint density at radius 2 is 1.70 bits per heavy atom. The van der Waals surface area contributed by atoms with Crippen molar-refractivity contribution in [3.8, 4) is 0 Å². The number of rotatable bonds is 10. The Bertz CT molecular complexity index is 1190. The summed E-state index contributed by atoms with van der Waals surface area (Å²) in [6.45, 7) is 2.08. The first-order valence-electron chi connectivity index (χ1n) is 10.3. The number of sulfonamides is 1. The van der Waals surface area contributed by atoms with E-state index in [-0.39, 0.29) is 15.6 Å². The highest BCUT2D eigenvalue weighted by atomic mass is 35.5. The molecule has 0 fully saturated rings. The van der Waals surface area contributed by atoms with Gasteiger partial charge in [-0.3, -0.25) is 9.10 Å². The minimum Gasteiger partial charge on any atom is -0.354 e. The summed E-state index contributed by atoms with van der Waals surface area (Å²) < 4.78 is 27.6. The molecule has 0 saturated carbocycles. The number of aryl methyl sites for hydroxylation is 1. The van der Waals surface area contributed by atoms with Crippen LogP contribution < -0.4 is 9.62 Å². The standard InChI is InChI=1S/C24H24Cl2N2O3S2/c1-18-8-11-20(12-9-18)32-15-5-14-27-24(29)17-28(23-13-10-19(25)16-22(23)26)33(30,31)21-6-3-2-4-7-21/h2-4,6-13,16H,5,14-15,17H2,1H3,(H,27,29). The van der Waals surface area contributed by atoms with Gasteiger partial charge in [0.05, 0.1) is 15.6 Å². The van der Waals surface area contributed by atoms with Gasteiger partial charge in [-0.2, -0.15) is 0 Å². The molecule has 3 rings (SSSR count). The number of anilines is 1. The van der Waals surface area contributed by atoms with Crippen molar-refractivity contribution >= 4 is 56.6 Å². The lowest BCUT2D eigenvalue weighted by Gasteiger charge is -2.25. The van der Waals surface area contributed by atoms with E-state index in [4.69, 9.17) is 23.2 Å². The van der Waals surface area contributed by atoms with Crippen LogP contribution in [0.15, 0.2) is 82.6 Å². The maximum atomic E-state index is 13.3. The highest BCUT2D eigenvalue weighted by Crippen LogP contribution is 2.32. The molecule has 174 valence electrons. The van der Waals surface area contributed by atoms with Gasteiger partial charge in [-0.05, 0) is 61.6 Å². The molecule has 0 bridgehead atoms. The molecular formula is C24H24Cl2N2O3S2. The van der Waals surface area contributed by atoms with Crippen molar-refractivity contribution in [1.82, 2.24) is 5.32 Å². The number of thioether (sulfide) groups is 1. The fraction of sp³-hybridized carbons (Fsp3) is 0.208. The molecule has 0 radical (unpaired) electrons. The van der Waals surface area contributed by atoms with Crippen LogP contribution in [0.2, 0.25) is 10.0 Å². The molecule has 5 nitrogen and oxygen atoms in total. The first-order chi connectivity index (χ1) is 15.8. The van der Waals surface area contributed by atoms with Crippen molar-refractivity contribution in [2.75, 3.05) is 23.1 Å². The number of amides is 1. The molecule has 0 heterocycles. The Hall–Kier alpha value is -2.19. The van der Waals surface area contributed by atoms with Gasteiger partial charge in [-0.25, -0.2) is 8.42 Å². The van der Waals surface area contributed by atoms with Crippen molar-refractivity contribution in [2.45, 2.75) is 23.1 Å². The zero-order chi connectivity index (χ0) is 23.8. The smallest absolute Gasteiger partial charge is 0.264 e. The molecule has 1 N–H and O–H groups in total. The predicted octanol–water partition coefficient (Wildman–Crippen LogP) is 5.80. The molecule has 3 aromatic carbocycles. The van der Waals surface area contributed by atoms with E-state index in [1.54, 1.807) is 30.0 Å². The van der Waals surface area contributed by atoms with Gasteiger partial charge in [-0.15, -0.1) is 11.8 Å². The number of carbonyl (C=O) groups is 1. The third-order valence-corrected chi connectivity index (χ3v) is 8.14. The van der Waals surface area contributed by atoms with Gasteiger partial charge >= 0.3 is 0 Å². The van der Waals surface area contributed by atoms with Gasteiger partial charge in [0.25, 0.3) is 10.0 Å². The average Bonchev–Trinajstić information content (AvgIpc) is 2.79. The quantitative estimate of drug-likeness (QED) is 0.270. The third kappa shape index (κ3) is 7.14. The molecule has 0 aliphatic rings. The van der Waals surface area contributed by atoms with Crippen LogP contribution in [0.5, 0.6) is 0 Å². The van der Waals surface area contributed by atoms with Gasteiger partial charge < -0.3 is 5.32 Å². The zero-order valence-corrected chi connectivity index (χ0v) is 21.1. The van der Waals surface area contributed by atoms with Crippen LogP contribution in [0.3, 0.4) is 0 Å². The molecule has 1 amide bonds. The Morgan fingerprint density at radius 1 is 1.00 bits per heavy atom. The van der Waals surface area contributed by atoms with Crippen LogP contribution >= 0.6 is 35.0 Å². The fourth-order valence-electron chi connectivity index (χ4n) is 3.01.